The van der Waals surface area contributed by atoms with Crippen LogP contribution in [0.15, 0.2) is 11.4 Å². The summed E-state index contributed by atoms with van der Waals surface area (Å²) in [4.78, 5) is 1.34. The van der Waals surface area contributed by atoms with Crippen molar-refractivity contribution in [2.24, 2.45) is 11.8 Å². The molecule has 0 amide bonds. The Kier molecular flexibility index (Phi) is 4.89. The summed E-state index contributed by atoms with van der Waals surface area (Å²) in [6.45, 7) is 5.74. The van der Waals surface area contributed by atoms with Crippen molar-refractivity contribution in [2.45, 2.75) is 45.6 Å². The SMILES string of the molecule is CCCNC(Cc1sccc1Cl)C(C)C1CC1. The molecule has 0 aromatic carbocycles. The van der Waals surface area contributed by atoms with E-state index in [1.165, 1.54) is 24.1 Å². The molecule has 1 aliphatic rings. The highest BCUT2D eigenvalue weighted by molar-refractivity contribution is 7.10. The van der Waals surface area contributed by atoms with Crippen LogP contribution in [0.5, 0.6) is 0 Å². The Morgan fingerprint density at radius 2 is 2.29 bits per heavy atom. The molecule has 2 rings (SSSR count). The van der Waals surface area contributed by atoms with Crippen molar-refractivity contribution >= 4 is 22.9 Å². The maximum Gasteiger partial charge on any atom is 0.0545 e. The number of rotatable bonds is 7. The van der Waals surface area contributed by atoms with Gasteiger partial charge < -0.3 is 5.32 Å². The van der Waals surface area contributed by atoms with E-state index < -0.39 is 0 Å². The molecule has 2 atom stereocenters. The number of nitrogens with one attached hydrogen (secondary N) is 1. The topological polar surface area (TPSA) is 12.0 Å². The van der Waals surface area contributed by atoms with Crippen LogP contribution in [0.25, 0.3) is 0 Å². The van der Waals surface area contributed by atoms with Crippen molar-refractivity contribution in [3.63, 3.8) is 0 Å². The van der Waals surface area contributed by atoms with Crippen LogP contribution >= 0.6 is 22.9 Å². The normalized spacial score (nSPS) is 19.2. The molecule has 96 valence electrons. The van der Waals surface area contributed by atoms with Crippen LogP contribution in [0.4, 0.5) is 0 Å². The maximum absolute atomic E-state index is 6.20. The molecule has 1 nitrogen and oxygen atoms in total. The molecule has 0 spiro atoms. The number of thiophene rings is 1. The summed E-state index contributed by atoms with van der Waals surface area (Å²) < 4.78 is 0. The predicted molar refractivity (Wildman–Crippen MR) is 77.0 cm³/mol. The Labute approximate surface area is 114 Å². The van der Waals surface area contributed by atoms with Gasteiger partial charge in [-0.2, -0.15) is 0 Å². The van der Waals surface area contributed by atoms with E-state index in [1.54, 1.807) is 11.3 Å². The number of hydrogen-bond donors (Lipinski definition) is 1. The van der Waals surface area contributed by atoms with E-state index in [1.807, 2.05) is 6.07 Å². The lowest BCUT2D eigenvalue weighted by Crippen LogP contribution is -2.38. The number of halogens is 1. The smallest absolute Gasteiger partial charge is 0.0545 e. The van der Waals surface area contributed by atoms with Crippen LogP contribution in [0.2, 0.25) is 5.02 Å². The first-order chi connectivity index (χ1) is 8.22. The van der Waals surface area contributed by atoms with Gasteiger partial charge in [-0.3, -0.25) is 0 Å². The van der Waals surface area contributed by atoms with Gasteiger partial charge in [0.05, 0.1) is 5.02 Å². The second kappa shape index (κ2) is 6.21. The maximum atomic E-state index is 6.20. The monoisotopic (exact) mass is 271 g/mol. The van der Waals surface area contributed by atoms with Gasteiger partial charge in [-0.25, -0.2) is 0 Å². The van der Waals surface area contributed by atoms with E-state index in [0.717, 1.165) is 29.8 Å². The highest BCUT2D eigenvalue weighted by Gasteiger charge is 2.33. The molecule has 1 fully saturated rings. The standard InChI is InChI=1S/C14H22ClNS/c1-3-7-16-13(10(2)11-4-5-11)9-14-12(15)6-8-17-14/h6,8,10-11,13,16H,3-5,7,9H2,1-2H3. The summed E-state index contributed by atoms with van der Waals surface area (Å²) in [5.74, 6) is 1.72. The van der Waals surface area contributed by atoms with Crippen LogP contribution in [0, 0.1) is 11.8 Å². The third kappa shape index (κ3) is 3.70. The van der Waals surface area contributed by atoms with E-state index in [0.29, 0.717) is 6.04 Å². The number of hydrogen-bond acceptors (Lipinski definition) is 2. The molecule has 2 unspecified atom stereocenters. The Morgan fingerprint density at radius 3 is 2.82 bits per heavy atom. The zero-order chi connectivity index (χ0) is 12.3. The van der Waals surface area contributed by atoms with Gasteiger partial charge in [-0.15, -0.1) is 11.3 Å². The molecule has 0 bridgehead atoms. The Balaban J connectivity index is 1.96. The van der Waals surface area contributed by atoms with E-state index in [9.17, 15) is 0 Å². The zero-order valence-electron chi connectivity index (χ0n) is 10.7. The molecule has 1 aromatic rings. The predicted octanol–water partition coefficient (Wildman–Crippen LogP) is 4.36. The van der Waals surface area contributed by atoms with Gasteiger partial charge >= 0.3 is 0 Å². The van der Waals surface area contributed by atoms with Crippen molar-refractivity contribution in [2.75, 3.05) is 6.54 Å². The molecule has 0 saturated heterocycles. The molecular formula is C14H22ClNS. The first-order valence-electron chi connectivity index (χ1n) is 6.67. The summed E-state index contributed by atoms with van der Waals surface area (Å²) in [7, 11) is 0. The first kappa shape index (κ1) is 13.4. The lowest BCUT2D eigenvalue weighted by atomic mass is 9.93. The lowest BCUT2D eigenvalue weighted by molar-refractivity contribution is 0.341. The van der Waals surface area contributed by atoms with Gasteiger partial charge in [0.25, 0.3) is 0 Å². The van der Waals surface area contributed by atoms with Crippen molar-refractivity contribution in [3.8, 4) is 0 Å². The van der Waals surface area contributed by atoms with Gasteiger partial charge in [-0.1, -0.05) is 25.4 Å². The minimum absolute atomic E-state index is 0.596. The minimum Gasteiger partial charge on any atom is -0.313 e. The Morgan fingerprint density at radius 1 is 1.53 bits per heavy atom. The summed E-state index contributed by atoms with van der Waals surface area (Å²) in [6.07, 6.45) is 5.13. The van der Waals surface area contributed by atoms with Gasteiger partial charge in [0.15, 0.2) is 0 Å². The lowest BCUT2D eigenvalue weighted by Gasteiger charge is -2.25. The fraction of sp³-hybridized carbons (Fsp3) is 0.714. The summed E-state index contributed by atoms with van der Waals surface area (Å²) >= 11 is 7.99. The largest absolute Gasteiger partial charge is 0.313 e. The zero-order valence-corrected chi connectivity index (χ0v) is 12.3. The van der Waals surface area contributed by atoms with Crippen molar-refractivity contribution < 1.29 is 0 Å². The summed E-state index contributed by atoms with van der Waals surface area (Å²) in [6, 6.07) is 2.61. The van der Waals surface area contributed by atoms with Gasteiger partial charge in [0.2, 0.25) is 0 Å². The Bertz CT molecular complexity index is 346. The average molecular weight is 272 g/mol. The highest BCUT2D eigenvalue weighted by atomic mass is 35.5. The van der Waals surface area contributed by atoms with Crippen molar-refractivity contribution in [1.82, 2.24) is 5.32 Å². The van der Waals surface area contributed by atoms with E-state index in [2.05, 4.69) is 24.5 Å². The second-order valence-electron chi connectivity index (χ2n) is 5.15. The quantitative estimate of drug-likeness (QED) is 0.777. The van der Waals surface area contributed by atoms with E-state index >= 15 is 0 Å². The summed E-state index contributed by atoms with van der Waals surface area (Å²) in [5.41, 5.74) is 0. The molecule has 1 aliphatic carbocycles. The molecule has 1 heterocycles. The highest BCUT2D eigenvalue weighted by Crippen LogP contribution is 2.39. The molecule has 1 aromatic heterocycles. The first-order valence-corrected chi connectivity index (χ1v) is 7.93. The van der Waals surface area contributed by atoms with Gasteiger partial charge in [-0.05, 0) is 55.5 Å². The van der Waals surface area contributed by atoms with Crippen molar-refractivity contribution in [1.29, 1.82) is 0 Å². The van der Waals surface area contributed by atoms with Gasteiger partial charge in [0, 0.05) is 10.9 Å². The molecular weight excluding hydrogens is 250 g/mol. The molecule has 0 radical (unpaired) electrons. The van der Waals surface area contributed by atoms with Crippen LogP contribution in [-0.2, 0) is 6.42 Å². The summed E-state index contributed by atoms with van der Waals surface area (Å²) in [5, 5.41) is 6.74. The molecule has 1 N–H and O–H groups in total. The average Bonchev–Trinajstić information content (AvgIpc) is 3.09. The van der Waals surface area contributed by atoms with Crippen LogP contribution in [0.3, 0.4) is 0 Å². The van der Waals surface area contributed by atoms with Crippen LogP contribution < -0.4 is 5.32 Å². The van der Waals surface area contributed by atoms with Crippen LogP contribution in [-0.4, -0.2) is 12.6 Å². The molecule has 1 saturated carbocycles. The second-order valence-corrected chi connectivity index (χ2v) is 6.56. The Hall–Kier alpha value is -0.0500. The minimum atomic E-state index is 0.596. The molecule has 3 heteroatoms. The van der Waals surface area contributed by atoms with Crippen molar-refractivity contribution in [3.05, 3.63) is 21.3 Å². The molecule has 17 heavy (non-hydrogen) atoms. The third-order valence-corrected chi connectivity index (χ3v) is 5.16. The van der Waals surface area contributed by atoms with Crippen LogP contribution in [0.1, 0.15) is 38.0 Å². The van der Waals surface area contributed by atoms with E-state index in [4.69, 9.17) is 11.6 Å². The third-order valence-electron chi connectivity index (χ3n) is 3.75. The van der Waals surface area contributed by atoms with Gasteiger partial charge in [0.1, 0.15) is 0 Å². The fourth-order valence-electron chi connectivity index (χ4n) is 2.39. The van der Waals surface area contributed by atoms with E-state index in [-0.39, 0.29) is 0 Å². The fourth-order valence-corrected chi connectivity index (χ4v) is 3.57. The molecule has 0 aliphatic heterocycles.